The molecule has 2 heterocycles. The second-order valence-corrected chi connectivity index (χ2v) is 3.18. The number of hydrogen-bond acceptors (Lipinski definition) is 3. The summed E-state index contributed by atoms with van der Waals surface area (Å²) < 4.78 is 1.94. The van der Waals surface area contributed by atoms with Crippen LogP contribution in [0.15, 0.2) is 30.7 Å². The molecule has 2 aromatic rings. The molecule has 2 rings (SSSR count). The number of nitrogens with one attached hydrogen (secondary N) is 1. The Kier molecular flexibility index (Phi) is 2.47. The summed E-state index contributed by atoms with van der Waals surface area (Å²) in [5.74, 6) is 0. The molecule has 0 amide bonds. The fraction of sp³-hybridized carbons (Fsp3) is 0.300. The van der Waals surface area contributed by atoms with E-state index in [0.29, 0.717) is 0 Å². The normalized spacial score (nSPS) is 13.3. The number of nitrogens with zero attached hydrogens (tertiary/aromatic N) is 2. The molecule has 1 unspecified atom stereocenters. The van der Waals surface area contributed by atoms with Gasteiger partial charge in [0.2, 0.25) is 0 Å². The van der Waals surface area contributed by atoms with Gasteiger partial charge in [-0.3, -0.25) is 0 Å². The van der Waals surface area contributed by atoms with E-state index >= 15 is 0 Å². The van der Waals surface area contributed by atoms with E-state index in [-0.39, 0.29) is 12.6 Å². The zero-order valence-corrected chi connectivity index (χ0v) is 8.01. The van der Waals surface area contributed by atoms with E-state index in [4.69, 9.17) is 5.11 Å². The third-order valence-corrected chi connectivity index (χ3v) is 2.35. The van der Waals surface area contributed by atoms with Gasteiger partial charge in [-0.25, -0.2) is 4.98 Å². The number of likely N-dealkylation sites (N-methyl/N-ethyl adjacent to an activating group) is 1. The lowest BCUT2D eigenvalue weighted by molar-refractivity contribution is 0.250. The Bertz CT molecular complexity index is 420. The van der Waals surface area contributed by atoms with Gasteiger partial charge in [0, 0.05) is 18.6 Å². The fourth-order valence-electron chi connectivity index (χ4n) is 1.51. The van der Waals surface area contributed by atoms with Crippen molar-refractivity contribution in [3.05, 3.63) is 36.3 Å². The second-order valence-electron chi connectivity index (χ2n) is 3.18. The van der Waals surface area contributed by atoms with E-state index < -0.39 is 0 Å². The van der Waals surface area contributed by atoms with Crippen LogP contribution in [0.1, 0.15) is 11.6 Å². The van der Waals surface area contributed by atoms with Crippen molar-refractivity contribution in [1.29, 1.82) is 0 Å². The lowest BCUT2D eigenvalue weighted by Crippen LogP contribution is -2.20. The molecule has 0 radical (unpaired) electrons. The molecule has 0 spiro atoms. The highest BCUT2D eigenvalue weighted by Gasteiger charge is 2.07. The van der Waals surface area contributed by atoms with Gasteiger partial charge in [0.1, 0.15) is 5.65 Å². The highest BCUT2D eigenvalue weighted by Crippen LogP contribution is 2.12. The van der Waals surface area contributed by atoms with Crippen LogP contribution in [-0.4, -0.2) is 28.1 Å². The molecule has 1 atom stereocenters. The molecule has 0 aliphatic carbocycles. The van der Waals surface area contributed by atoms with Crippen LogP contribution in [0, 0.1) is 0 Å². The Hall–Kier alpha value is -1.39. The van der Waals surface area contributed by atoms with Crippen molar-refractivity contribution in [3.8, 4) is 0 Å². The van der Waals surface area contributed by atoms with E-state index in [0.717, 1.165) is 11.2 Å². The topological polar surface area (TPSA) is 49.6 Å². The molecule has 0 aliphatic rings. The number of aliphatic hydroxyl groups is 1. The van der Waals surface area contributed by atoms with Crippen LogP contribution in [0.25, 0.3) is 5.65 Å². The van der Waals surface area contributed by atoms with Gasteiger partial charge in [-0.05, 0) is 18.7 Å². The van der Waals surface area contributed by atoms with Crippen LogP contribution >= 0.6 is 0 Å². The summed E-state index contributed by atoms with van der Waals surface area (Å²) >= 11 is 0. The molecule has 2 aromatic heterocycles. The van der Waals surface area contributed by atoms with Gasteiger partial charge < -0.3 is 14.8 Å². The number of aromatic nitrogens is 2. The van der Waals surface area contributed by atoms with Gasteiger partial charge >= 0.3 is 0 Å². The minimum atomic E-state index is -0.0122. The van der Waals surface area contributed by atoms with Crippen molar-refractivity contribution >= 4 is 5.65 Å². The fourth-order valence-corrected chi connectivity index (χ4v) is 1.51. The molecule has 0 fully saturated rings. The molecular formula is C10H13N3O. The SMILES string of the molecule is CNC(CO)c1ccc2nccn2c1. The predicted octanol–water partition coefficient (Wildman–Crippen LogP) is 0.587. The third kappa shape index (κ3) is 1.49. The van der Waals surface area contributed by atoms with Crippen molar-refractivity contribution in [2.75, 3.05) is 13.7 Å². The van der Waals surface area contributed by atoms with Crippen LogP contribution in [0.2, 0.25) is 0 Å². The molecule has 0 bridgehead atoms. The number of rotatable bonds is 3. The first-order valence-electron chi connectivity index (χ1n) is 4.56. The van der Waals surface area contributed by atoms with Gasteiger partial charge in [0.05, 0.1) is 12.6 Å². The standard InChI is InChI=1S/C10H13N3O/c1-11-9(7-14)8-2-3-10-12-4-5-13(10)6-8/h2-6,9,11,14H,7H2,1H3. The van der Waals surface area contributed by atoms with Crippen LogP contribution < -0.4 is 5.32 Å². The maximum Gasteiger partial charge on any atom is 0.136 e. The van der Waals surface area contributed by atoms with Crippen LogP contribution in [0.5, 0.6) is 0 Å². The van der Waals surface area contributed by atoms with Crippen molar-refractivity contribution in [1.82, 2.24) is 14.7 Å². The van der Waals surface area contributed by atoms with E-state index in [9.17, 15) is 0 Å². The van der Waals surface area contributed by atoms with Crippen molar-refractivity contribution < 1.29 is 5.11 Å². The lowest BCUT2D eigenvalue weighted by Gasteiger charge is -2.13. The highest BCUT2D eigenvalue weighted by molar-refractivity contribution is 5.40. The number of hydrogen-bond donors (Lipinski definition) is 2. The molecule has 4 nitrogen and oxygen atoms in total. The molecule has 14 heavy (non-hydrogen) atoms. The smallest absolute Gasteiger partial charge is 0.136 e. The monoisotopic (exact) mass is 191 g/mol. The minimum absolute atomic E-state index is 0.0122. The molecular weight excluding hydrogens is 178 g/mol. The first-order chi connectivity index (χ1) is 6.85. The van der Waals surface area contributed by atoms with Crippen molar-refractivity contribution in [3.63, 3.8) is 0 Å². The Balaban J connectivity index is 2.42. The number of aliphatic hydroxyl groups excluding tert-OH is 1. The van der Waals surface area contributed by atoms with Crippen molar-refractivity contribution in [2.45, 2.75) is 6.04 Å². The van der Waals surface area contributed by atoms with Crippen LogP contribution in [-0.2, 0) is 0 Å². The summed E-state index contributed by atoms with van der Waals surface area (Å²) in [5.41, 5.74) is 1.97. The van der Waals surface area contributed by atoms with Gasteiger partial charge in [-0.2, -0.15) is 0 Å². The highest BCUT2D eigenvalue weighted by atomic mass is 16.3. The molecule has 0 aromatic carbocycles. The first-order valence-corrected chi connectivity index (χ1v) is 4.56. The first kappa shape index (κ1) is 9.18. The molecule has 0 aliphatic heterocycles. The minimum Gasteiger partial charge on any atom is -0.394 e. The van der Waals surface area contributed by atoms with E-state index in [1.54, 1.807) is 6.20 Å². The Morgan fingerprint density at radius 2 is 2.43 bits per heavy atom. The van der Waals surface area contributed by atoms with Crippen LogP contribution in [0.3, 0.4) is 0 Å². The molecule has 0 saturated heterocycles. The van der Waals surface area contributed by atoms with Gasteiger partial charge in [-0.1, -0.05) is 6.07 Å². The largest absolute Gasteiger partial charge is 0.394 e. The third-order valence-electron chi connectivity index (χ3n) is 2.35. The van der Waals surface area contributed by atoms with Crippen molar-refractivity contribution in [2.24, 2.45) is 0 Å². The summed E-state index contributed by atoms with van der Waals surface area (Å²) in [5, 5.41) is 12.2. The maximum atomic E-state index is 9.11. The van der Waals surface area contributed by atoms with Gasteiger partial charge in [0.15, 0.2) is 0 Å². The molecule has 4 heteroatoms. The Morgan fingerprint density at radius 3 is 3.14 bits per heavy atom. The molecule has 2 N–H and O–H groups in total. The zero-order valence-electron chi connectivity index (χ0n) is 8.01. The van der Waals surface area contributed by atoms with Gasteiger partial charge in [0.25, 0.3) is 0 Å². The average Bonchev–Trinajstić information content (AvgIpc) is 2.66. The summed E-state index contributed by atoms with van der Waals surface area (Å²) in [7, 11) is 1.83. The number of imidazole rings is 1. The molecule has 0 saturated carbocycles. The lowest BCUT2D eigenvalue weighted by atomic mass is 10.1. The van der Waals surface area contributed by atoms with E-state index in [2.05, 4.69) is 10.3 Å². The zero-order chi connectivity index (χ0) is 9.97. The summed E-state index contributed by atoms with van der Waals surface area (Å²) in [6.07, 6.45) is 5.62. The summed E-state index contributed by atoms with van der Waals surface area (Å²) in [6, 6.07) is 3.90. The number of pyridine rings is 1. The summed E-state index contributed by atoms with van der Waals surface area (Å²) in [4.78, 5) is 4.15. The maximum absolute atomic E-state index is 9.11. The average molecular weight is 191 g/mol. The Morgan fingerprint density at radius 1 is 1.57 bits per heavy atom. The predicted molar refractivity (Wildman–Crippen MR) is 54.1 cm³/mol. The number of fused-ring (bicyclic) bond motifs is 1. The van der Waals surface area contributed by atoms with E-state index in [1.165, 1.54) is 0 Å². The Labute approximate surface area is 82.2 Å². The van der Waals surface area contributed by atoms with E-state index in [1.807, 2.05) is 36.0 Å². The van der Waals surface area contributed by atoms with Gasteiger partial charge in [-0.15, -0.1) is 0 Å². The summed E-state index contributed by atoms with van der Waals surface area (Å²) in [6.45, 7) is 0.0940. The molecule has 74 valence electrons. The van der Waals surface area contributed by atoms with Crippen LogP contribution in [0.4, 0.5) is 0 Å². The quantitative estimate of drug-likeness (QED) is 0.746. The second kappa shape index (κ2) is 3.77.